The molecule has 0 aliphatic carbocycles. The van der Waals surface area contributed by atoms with E-state index in [1.54, 1.807) is 180 Å². The highest BCUT2D eigenvalue weighted by Crippen LogP contribution is 2.28. The maximum Gasteiger partial charge on any atom is 0.266 e. The van der Waals surface area contributed by atoms with Crippen LogP contribution in [0.5, 0.6) is 0 Å². The van der Waals surface area contributed by atoms with Crippen LogP contribution in [0.3, 0.4) is 0 Å². The second-order valence-electron chi connectivity index (χ2n) is 34.1. The molecule has 0 spiro atoms. The van der Waals surface area contributed by atoms with Crippen LogP contribution in [0.4, 0.5) is 0 Å². The molecule has 6 fully saturated rings. The fourth-order valence-electron chi connectivity index (χ4n) is 14.9. The van der Waals surface area contributed by atoms with E-state index in [0.29, 0.717) is 11.5 Å². The molecule has 13 heterocycles. The number of piperidine rings is 3. The summed E-state index contributed by atoms with van der Waals surface area (Å²) in [4.78, 5) is 97.8. The van der Waals surface area contributed by atoms with Gasteiger partial charge in [-0.2, -0.15) is 35.7 Å². The molecule has 756 valence electrons. The topological polar surface area (TPSA) is 270 Å². The van der Waals surface area contributed by atoms with Gasteiger partial charge in [0.15, 0.2) is 0 Å². The smallest absolute Gasteiger partial charge is 0.266 e. The lowest BCUT2D eigenvalue weighted by Crippen LogP contribution is -2.46. The van der Waals surface area contributed by atoms with Crippen LogP contribution >= 0.6 is 168 Å². The third kappa shape index (κ3) is 39.9. The average Bonchev–Trinajstić information content (AvgIpc) is 1.20. The van der Waals surface area contributed by atoms with Gasteiger partial charge in [0.1, 0.15) is 30.2 Å². The van der Waals surface area contributed by atoms with Crippen LogP contribution in [0.1, 0.15) is 177 Å². The van der Waals surface area contributed by atoms with Crippen molar-refractivity contribution in [3.05, 3.63) is 237 Å². The van der Waals surface area contributed by atoms with Gasteiger partial charge in [-0.05, 0) is 190 Å². The number of aryl methyl sites for hydroxylation is 14. The van der Waals surface area contributed by atoms with Gasteiger partial charge in [-0.25, -0.2) is 32.8 Å². The Labute approximate surface area is 886 Å². The lowest BCUT2D eigenvalue weighted by molar-refractivity contribution is 0.254. The van der Waals surface area contributed by atoms with Crippen molar-refractivity contribution in [2.75, 3.05) is 116 Å². The molecule has 1 aromatic carbocycles. The number of hydrogen-bond donors (Lipinski definition) is 0. The van der Waals surface area contributed by atoms with E-state index in [1.165, 1.54) is 122 Å². The molecule has 0 unspecified atom stereocenters. The molecule has 6 aliphatic heterocycles. The Morgan fingerprint density at radius 3 is 0.849 bits per heavy atom. The van der Waals surface area contributed by atoms with Gasteiger partial charge in [-0.3, -0.25) is 33.6 Å². The zero-order valence-electron chi connectivity index (χ0n) is 82.8. The maximum atomic E-state index is 11.6. The van der Waals surface area contributed by atoms with Crippen molar-refractivity contribution in [1.29, 1.82) is 0 Å². The molecule has 0 amide bonds. The second kappa shape index (κ2) is 61.7. The van der Waals surface area contributed by atoms with Crippen LogP contribution in [0.2, 0.25) is 0 Å². The third-order valence-corrected chi connectivity index (χ3v) is 34.4. The molecule has 6 saturated heterocycles. The molecule has 43 heteroatoms. The van der Waals surface area contributed by atoms with Crippen molar-refractivity contribution in [2.24, 2.45) is 49.3 Å². The van der Waals surface area contributed by atoms with Crippen molar-refractivity contribution in [2.45, 2.75) is 180 Å². The fraction of sp³-hybridized carbons (Fsp3) is 0.552. The van der Waals surface area contributed by atoms with Crippen molar-refractivity contribution < 1.29 is 0 Å². The lowest BCUT2D eigenvalue weighted by Gasteiger charge is -2.38. The van der Waals surface area contributed by atoms with E-state index < -0.39 is 0 Å². The zero-order chi connectivity index (χ0) is 101. The van der Waals surface area contributed by atoms with Gasteiger partial charge in [0.25, 0.3) is 38.9 Å². The first-order valence-electron chi connectivity index (χ1n) is 47.2. The van der Waals surface area contributed by atoms with E-state index in [9.17, 15) is 33.6 Å². The summed E-state index contributed by atoms with van der Waals surface area (Å²) in [5, 5.41) is 29.9. The van der Waals surface area contributed by atoms with Gasteiger partial charge in [0, 0.05) is 249 Å². The Bertz CT molecular complexity index is 5700. The lowest BCUT2D eigenvalue weighted by atomic mass is 10.1. The predicted octanol–water partition coefficient (Wildman–Crippen LogP) is 14.4. The molecular formula is C96H136N22O7S14. The fourth-order valence-corrected chi connectivity index (χ4v) is 23.9. The molecule has 0 bridgehead atoms. The molecule has 6 aliphatic rings. The molecular weight excluding hydrogens is 2020 g/mol. The Kier molecular flexibility index (Phi) is 51.8. The second-order valence-corrected chi connectivity index (χ2v) is 45.6. The normalized spacial score (nSPS) is 14.5. The summed E-state index contributed by atoms with van der Waals surface area (Å²) in [7, 11) is 11.7. The third-order valence-electron chi connectivity index (χ3n) is 23.6. The Morgan fingerprint density at radius 2 is 0.554 bits per heavy atom. The Hall–Kier alpha value is -7.40. The monoisotopic (exact) mass is 2160 g/mol. The number of hydrogen-bond acceptors (Lipinski definition) is 29. The number of likely N-dealkylation sites (tertiary alicyclic amines) is 5. The quantitative estimate of drug-likeness (QED) is 0.0477. The van der Waals surface area contributed by atoms with Crippen molar-refractivity contribution in [3.8, 4) is 0 Å². The van der Waals surface area contributed by atoms with E-state index in [2.05, 4.69) is 107 Å². The molecule has 29 nitrogen and oxygen atoms in total. The van der Waals surface area contributed by atoms with E-state index >= 15 is 0 Å². The minimum Gasteiger partial charge on any atom is -0.368 e. The largest absolute Gasteiger partial charge is 0.368 e. The van der Waals surface area contributed by atoms with Crippen LogP contribution in [0.25, 0.3) is 5.70 Å². The SMILES string of the molecule is C=C(c1ccccc1)N1CCN(C(=S)SCc2nn(C)c(=O)cc2C)CC1.CCN(CC)C(=S)SCc1nn(C)c(=O)cc1C.Cc1cc(=O)n(C)nc1CSC(=S)N1CCCC1.Cc1cc(=O)n(C)nc1CSC(=S)N1CCCCC1.Cc1cc(=O)n(C)nc1CSC(=S)N1CCCCC1.Cn1nc(CCCSC(=S)N2CCCC2)ccc1=O.Cn1nc(CCSC(=S)N2CCCCC2)ccc1=O. The molecule has 0 saturated carbocycles. The highest BCUT2D eigenvalue weighted by Gasteiger charge is 2.25. The summed E-state index contributed by atoms with van der Waals surface area (Å²) in [5.74, 6) is 5.51. The van der Waals surface area contributed by atoms with Crippen LogP contribution < -0.4 is 38.9 Å². The van der Waals surface area contributed by atoms with Gasteiger partial charge < -0.3 is 39.2 Å². The van der Waals surface area contributed by atoms with E-state index in [0.717, 1.165) is 256 Å². The van der Waals surface area contributed by atoms with Crippen molar-refractivity contribution >= 4 is 204 Å². The van der Waals surface area contributed by atoms with Crippen molar-refractivity contribution in [1.82, 2.24) is 108 Å². The number of thioether (sulfide) groups is 7. The van der Waals surface area contributed by atoms with Crippen molar-refractivity contribution in [3.63, 3.8) is 0 Å². The number of thiocarbonyl (C=S) groups is 7. The summed E-state index contributed by atoms with van der Waals surface area (Å²) in [6, 6.07) is 25.2. The summed E-state index contributed by atoms with van der Waals surface area (Å²) < 4.78 is 16.3. The van der Waals surface area contributed by atoms with Crippen LogP contribution in [-0.4, -0.2) is 254 Å². The highest BCUT2D eigenvalue weighted by molar-refractivity contribution is 8.24. The number of nitrogens with zero attached hydrogens (tertiary/aromatic N) is 22. The predicted molar refractivity (Wildman–Crippen MR) is 611 cm³/mol. The summed E-state index contributed by atoms with van der Waals surface area (Å²) in [6.07, 6.45) is 19.2. The number of aromatic nitrogens is 14. The van der Waals surface area contributed by atoms with E-state index in [-0.39, 0.29) is 38.9 Å². The van der Waals surface area contributed by atoms with E-state index in [4.69, 9.17) is 85.5 Å². The maximum absolute atomic E-state index is 11.6. The van der Waals surface area contributed by atoms with E-state index in [1.807, 2.05) is 58.9 Å². The summed E-state index contributed by atoms with van der Waals surface area (Å²) in [6.45, 7) is 34.3. The van der Waals surface area contributed by atoms with Crippen LogP contribution in [0, 0.1) is 34.6 Å². The molecule has 0 radical (unpaired) electrons. The molecule has 14 rings (SSSR count). The average molecular weight is 2160 g/mol. The van der Waals surface area contributed by atoms with Crippen LogP contribution in [0.15, 0.2) is 125 Å². The van der Waals surface area contributed by atoms with Gasteiger partial charge in [-0.15, -0.1) is 0 Å². The van der Waals surface area contributed by atoms with Crippen LogP contribution in [-0.2, 0) is 90.9 Å². The minimum absolute atomic E-state index is 0.0617. The molecule has 0 N–H and O–H groups in total. The molecule has 0 atom stereocenters. The van der Waals surface area contributed by atoms with Gasteiger partial charge in [0.05, 0.1) is 39.9 Å². The summed E-state index contributed by atoms with van der Waals surface area (Å²) in [5.41, 5.74) is 12.9. The minimum atomic E-state index is -0.0846. The first-order valence-corrected chi connectivity index (χ1v) is 56.9. The number of rotatable bonds is 21. The Balaban J connectivity index is 0.000000200. The zero-order valence-corrected chi connectivity index (χ0v) is 94.2. The summed E-state index contributed by atoms with van der Waals surface area (Å²) >= 11 is 49.8. The number of benzene rings is 1. The standard InChI is InChI=1S/C20H24N4OS2.4C13H19N3OS2.C12H17N3OS2.C12H19N3OS2/c1-15-13-19(25)22(3)21-18(15)14-27-20(26)24-11-9-23(10-12-24)16(2)17-7-5-4-6-8-17;2*1-10-8-12(17)15(2)14-11(10)9-19-13(18)16-6-4-3-5-7-16;1-15-12(17)7-6-11(14-15)5-4-10-19-13(18)16-8-2-3-9-16;1-15-12(17)6-5-11(14-15)7-10-19-13(18)16-8-3-2-4-9-16;1-9-7-11(16)14(2)13-10(9)8-18-12(17)15-5-3-4-6-15;1-5-15(6-2)12(17)18-8-10-9(3)7-11(16)14(4)13-10/h4-8,13H,2,9-12,14H2,1,3H3;2*8H,3-7,9H2,1-2H3;6-7H,2-5,8-10H2,1H3;5-6H,2-4,7-10H2,1H3;7H,3-6,8H2,1-2H3;7H,5-6,8H2,1-4H3. The Morgan fingerprint density at radius 1 is 0.302 bits per heavy atom. The number of piperazine rings is 1. The van der Waals surface area contributed by atoms with Gasteiger partial charge >= 0.3 is 0 Å². The first-order chi connectivity index (χ1) is 66.5. The van der Waals surface area contributed by atoms with Gasteiger partial charge in [-0.1, -0.05) is 205 Å². The van der Waals surface area contributed by atoms with Gasteiger partial charge in [0.2, 0.25) is 0 Å². The first kappa shape index (κ1) is 117. The molecule has 139 heavy (non-hydrogen) atoms. The molecule has 7 aromatic heterocycles. The highest BCUT2D eigenvalue weighted by atomic mass is 32.2. The molecule has 8 aromatic rings.